The van der Waals surface area contributed by atoms with E-state index in [-0.39, 0.29) is 0 Å². The van der Waals surface area contributed by atoms with Crippen LogP contribution in [0.5, 0.6) is 0 Å². The lowest BCUT2D eigenvalue weighted by Crippen LogP contribution is -2.20. The molecule has 4 heteroatoms. The molecule has 94 valence electrons. The first kappa shape index (κ1) is 13.9. The zero-order chi connectivity index (χ0) is 13.5. The molecule has 0 heterocycles. The van der Waals surface area contributed by atoms with Gasteiger partial charge in [-0.15, -0.1) is 0 Å². The Labute approximate surface area is 107 Å². The summed E-state index contributed by atoms with van der Waals surface area (Å²) in [6.07, 6.45) is 1.21. The average molecular weight is 244 g/mol. The summed E-state index contributed by atoms with van der Waals surface area (Å²) in [5.74, 6) is -0.924. The molecule has 0 aliphatic carbocycles. The van der Waals surface area contributed by atoms with Crippen LogP contribution in [0.15, 0.2) is 35.9 Å². The van der Waals surface area contributed by atoms with Gasteiger partial charge in [0.15, 0.2) is 0 Å². The van der Waals surface area contributed by atoms with Crippen molar-refractivity contribution in [3.05, 3.63) is 47.0 Å². The summed E-state index contributed by atoms with van der Waals surface area (Å²) in [5, 5.41) is 17.4. The molecule has 0 aromatic heterocycles. The van der Waals surface area contributed by atoms with Gasteiger partial charge in [-0.25, -0.2) is 4.79 Å². The summed E-state index contributed by atoms with van der Waals surface area (Å²) in [6, 6.07) is 9.50. The predicted octanol–water partition coefficient (Wildman–Crippen LogP) is 2.02. The molecule has 0 saturated heterocycles. The topological polar surface area (TPSA) is 64.3 Å². The highest BCUT2D eigenvalue weighted by molar-refractivity contribution is 5.80. The van der Waals surface area contributed by atoms with E-state index in [0.717, 1.165) is 11.1 Å². The molecular weight excluding hydrogens is 228 g/mol. The summed E-state index contributed by atoms with van der Waals surface area (Å²) in [4.78, 5) is 12.5. The fraction of sp³-hybridized carbons (Fsp3) is 0.286. The Balaban J connectivity index is 2.62. The Hall–Kier alpha value is -2.12. The first-order valence-electron chi connectivity index (χ1n) is 5.59. The van der Waals surface area contributed by atoms with Crippen molar-refractivity contribution in [2.24, 2.45) is 0 Å². The van der Waals surface area contributed by atoms with Gasteiger partial charge in [0.05, 0.1) is 11.6 Å². The van der Waals surface area contributed by atoms with E-state index < -0.39 is 5.97 Å². The summed E-state index contributed by atoms with van der Waals surface area (Å²) < 4.78 is 0. The normalized spacial score (nSPS) is 11.3. The van der Waals surface area contributed by atoms with E-state index in [4.69, 9.17) is 10.4 Å². The van der Waals surface area contributed by atoms with E-state index in [1.807, 2.05) is 30.1 Å². The second-order valence-corrected chi connectivity index (χ2v) is 4.31. The SMILES string of the molecule is C/C(=C\C(=O)O)CN(C)Cc1cccc(C#N)c1. The highest BCUT2D eigenvalue weighted by Crippen LogP contribution is 2.08. The van der Waals surface area contributed by atoms with Crippen LogP contribution >= 0.6 is 0 Å². The lowest BCUT2D eigenvalue weighted by Gasteiger charge is -2.16. The highest BCUT2D eigenvalue weighted by Gasteiger charge is 2.03. The van der Waals surface area contributed by atoms with Crippen molar-refractivity contribution in [1.29, 1.82) is 5.26 Å². The Morgan fingerprint density at radius 2 is 2.28 bits per heavy atom. The highest BCUT2D eigenvalue weighted by atomic mass is 16.4. The van der Waals surface area contributed by atoms with Gasteiger partial charge < -0.3 is 5.11 Å². The molecule has 0 saturated carbocycles. The van der Waals surface area contributed by atoms with E-state index in [2.05, 4.69) is 6.07 Å². The van der Waals surface area contributed by atoms with Crippen LogP contribution in [0.3, 0.4) is 0 Å². The van der Waals surface area contributed by atoms with Crippen LogP contribution in [0.4, 0.5) is 0 Å². The van der Waals surface area contributed by atoms with Crippen molar-refractivity contribution >= 4 is 5.97 Å². The summed E-state index contributed by atoms with van der Waals surface area (Å²) in [5.41, 5.74) is 2.47. The molecule has 0 radical (unpaired) electrons. The fourth-order valence-corrected chi connectivity index (χ4v) is 1.79. The molecule has 1 aromatic carbocycles. The molecule has 0 aliphatic heterocycles. The molecule has 18 heavy (non-hydrogen) atoms. The monoisotopic (exact) mass is 244 g/mol. The number of carboxylic acids is 1. The van der Waals surface area contributed by atoms with Gasteiger partial charge in [0.25, 0.3) is 0 Å². The van der Waals surface area contributed by atoms with Crippen LogP contribution in [0.1, 0.15) is 18.1 Å². The molecule has 0 aliphatic rings. The first-order chi connectivity index (χ1) is 8.51. The Bertz CT molecular complexity index is 501. The third-order valence-corrected chi connectivity index (χ3v) is 2.40. The largest absolute Gasteiger partial charge is 0.478 e. The maximum absolute atomic E-state index is 10.5. The summed E-state index contributed by atoms with van der Waals surface area (Å²) in [7, 11) is 1.91. The minimum absolute atomic E-state index is 0.586. The third-order valence-electron chi connectivity index (χ3n) is 2.40. The van der Waals surface area contributed by atoms with Gasteiger partial charge in [0.2, 0.25) is 0 Å². The molecule has 0 unspecified atom stereocenters. The van der Waals surface area contributed by atoms with Gasteiger partial charge in [0, 0.05) is 19.2 Å². The van der Waals surface area contributed by atoms with E-state index >= 15 is 0 Å². The molecule has 1 aromatic rings. The van der Waals surface area contributed by atoms with Crippen molar-refractivity contribution in [3.8, 4) is 6.07 Å². The van der Waals surface area contributed by atoms with Gasteiger partial charge in [-0.3, -0.25) is 4.90 Å². The van der Waals surface area contributed by atoms with E-state index in [9.17, 15) is 4.79 Å². The molecule has 1 N–H and O–H groups in total. The number of hydrogen-bond donors (Lipinski definition) is 1. The van der Waals surface area contributed by atoms with Crippen LogP contribution < -0.4 is 0 Å². The molecule has 0 fully saturated rings. The van der Waals surface area contributed by atoms with Crippen LogP contribution in [0.25, 0.3) is 0 Å². The van der Waals surface area contributed by atoms with Gasteiger partial charge >= 0.3 is 5.97 Å². The second kappa shape index (κ2) is 6.58. The van der Waals surface area contributed by atoms with E-state index in [1.54, 1.807) is 13.0 Å². The molecule has 1 rings (SSSR count). The number of rotatable bonds is 5. The van der Waals surface area contributed by atoms with Gasteiger partial charge in [-0.05, 0) is 31.7 Å². The van der Waals surface area contributed by atoms with Gasteiger partial charge in [0.1, 0.15) is 0 Å². The number of benzene rings is 1. The number of aliphatic carboxylic acids is 1. The van der Waals surface area contributed by atoms with Crippen molar-refractivity contribution < 1.29 is 9.90 Å². The minimum atomic E-state index is -0.924. The number of carbonyl (C=O) groups is 1. The van der Waals surface area contributed by atoms with E-state index in [1.165, 1.54) is 6.08 Å². The Morgan fingerprint density at radius 1 is 1.56 bits per heavy atom. The van der Waals surface area contributed by atoms with Crippen LogP contribution in [-0.4, -0.2) is 29.6 Å². The predicted molar refractivity (Wildman–Crippen MR) is 68.9 cm³/mol. The molecule has 0 atom stereocenters. The lowest BCUT2D eigenvalue weighted by molar-refractivity contribution is -0.131. The van der Waals surface area contributed by atoms with Crippen molar-refractivity contribution in [2.45, 2.75) is 13.5 Å². The molecule has 4 nitrogen and oxygen atoms in total. The van der Waals surface area contributed by atoms with Crippen LogP contribution in [0, 0.1) is 11.3 Å². The number of nitriles is 1. The number of carboxylic acid groups (broad SMARTS) is 1. The average Bonchev–Trinajstić information content (AvgIpc) is 2.27. The van der Waals surface area contributed by atoms with E-state index in [0.29, 0.717) is 18.7 Å². The fourth-order valence-electron chi connectivity index (χ4n) is 1.79. The standard InChI is InChI=1S/C14H16N2O2/c1-11(6-14(17)18)9-16(2)10-13-5-3-4-12(7-13)8-15/h3-7H,9-10H2,1-2H3,(H,17,18)/b11-6+. The molecular formula is C14H16N2O2. The zero-order valence-corrected chi connectivity index (χ0v) is 10.6. The first-order valence-corrected chi connectivity index (χ1v) is 5.59. The third kappa shape index (κ3) is 4.81. The van der Waals surface area contributed by atoms with Gasteiger partial charge in [-0.2, -0.15) is 5.26 Å². The maximum Gasteiger partial charge on any atom is 0.328 e. The maximum atomic E-state index is 10.5. The smallest absolute Gasteiger partial charge is 0.328 e. The quantitative estimate of drug-likeness (QED) is 0.805. The Morgan fingerprint density at radius 3 is 2.89 bits per heavy atom. The number of nitrogens with zero attached hydrogens (tertiary/aromatic N) is 2. The van der Waals surface area contributed by atoms with Crippen LogP contribution in [-0.2, 0) is 11.3 Å². The molecule has 0 bridgehead atoms. The number of likely N-dealkylation sites (N-methyl/N-ethyl adjacent to an activating group) is 1. The zero-order valence-electron chi connectivity index (χ0n) is 10.6. The molecule has 0 amide bonds. The summed E-state index contributed by atoms with van der Waals surface area (Å²) in [6.45, 7) is 3.06. The minimum Gasteiger partial charge on any atom is -0.478 e. The van der Waals surface area contributed by atoms with Crippen LogP contribution in [0.2, 0.25) is 0 Å². The van der Waals surface area contributed by atoms with Crippen molar-refractivity contribution in [1.82, 2.24) is 4.90 Å². The second-order valence-electron chi connectivity index (χ2n) is 4.31. The number of hydrogen-bond acceptors (Lipinski definition) is 3. The lowest BCUT2D eigenvalue weighted by atomic mass is 10.1. The summed E-state index contributed by atoms with van der Waals surface area (Å²) >= 11 is 0. The van der Waals surface area contributed by atoms with Gasteiger partial charge in [-0.1, -0.05) is 17.7 Å². The van der Waals surface area contributed by atoms with Crippen molar-refractivity contribution in [3.63, 3.8) is 0 Å². The molecule has 0 spiro atoms. The van der Waals surface area contributed by atoms with Crippen molar-refractivity contribution in [2.75, 3.05) is 13.6 Å². The Kier molecular flexibility index (Phi) is 5.09.